The van der Waals surface area contributed by atoms with Crippen molar-refractivity contribution in [1.82, 2.24) is 14.5 Å². The van der Waals surface area contributed by atoms with Gasteiger partial charge in [-0.3, -0.25) is 4.57 Å². The lowest BCUT2D eigenvalue weighted by Gasteiger charge is -2.10. The summed E-state index contributed by atoms with van der Waals surface area (Å²) in [5, 5.41) is 1.16. The third-order valence-corrected chi connectivity index (χ3v) is 3.76. The summed E-state index contributed by atoms with van der Waals surface area (Å²) >= 11 is 18.3. The molecule has 20 heavy (non-hydrogen) atoms. The highest BCUT2D eigenvalue weighted by Crippen LogP contribution is 2.28. The van der Waals surface area contributed by atoms with Gasteiger partial charge < -0.3 is 0 Å². The first kappa shape index (κ1) is 13.7. The van der Waals surface area contributed by atoms with Gasteiger partial charge in [-0.25, -0.2) is 9.97 Å². The minimum absolute atomic E-state index is 0.262. The number of imidazole rings is 1. The monoisotopic (exact) mass is 325 g/mol. The van der Waals surface area contributed by atoms with Gasteiger partial charge >= 0.3 is 0 Å². The van der Waals surface area contributed by atoms with Gasteiger partial charge in [-0.1, -0.05) is 29.3 Å². The van der Waals surface area contributed by atoms with E-state index in [4.69, 9.17) is 34.8 Å². The van der Waals surface area contributed by atoms with Crippen molar-refractivity contribution in [2.75, 3.05) is 0 Å². The number of pyridine rings is 1. The molecule has 0 bridgehead atoms. The summed E-state index contributed by atoms with van der Waals surface area (Å²) in [5.74, 6) is 0.946. The highest BCUT2D eigenvalue weighted by atomic mass is 35.5. The summed E-state index contributed by atoms with van der Waals surface area (Å²) in [5.41, 5.74) is 3.31. The highest BCUT2D eigenvalue weighted by Gasteiger charge is 2.15. The van der Waals surface area contributed by atoms with Crippen molar-refractivity contribution in [1.29, 1.82) is 0 Å². The molecule has 2 aromatic heterocycles. The van der Waals surface area contributed by atoms with E-state index in [0.717, 1.165) is 11.3 Å². The van der Waals surface area contributed by atoms with E-state index < -0.39 is 0 Å². The first-order valence-electron chi connectivity index (χ1n) is 5.95. The molecule has 102 valence electrons. The van der Waals surface area contributed by atoms with E-state index in [1.807, 2.05) is 29.7 Å². The molecule has 1 aromatic carbocycles. The Labute approximate surface area is 131 Å². The molecule has 0 aliphatic rings. The van der Waals surface area contributed by atoms with Gasteiger partial charge in [0, 0.05) is 6.20 Å². The van der Waals surface area contributed by atoms with Crippen LogP contribution in [0.4, 0.5) is 0 Å². The minimum Gasteiger partial charge on any atom is -0.278 e. The fraction of sp³-hybridized carbons (Fsp3) is 0.143. The number of rotatable bonds is 2. The molecule has 0 amide bonds. The van der Waals surface area contributed by atoms with Crippen LogP contribution in [-0.4, -0.2) is 14.5 Å². The number of nitrogens with zero attached hydrogens (tertiary/aromatic N) is 3. The van der Waals surface area contributed by atoms with Crippen LogP contribution in [0.5, 0.6) is 0 Å². The maximum absolute atomic E-state index is 6.30. The number of fused-ring (bicyclic) bond motifs is 1. The fourth-order valence-electron chi connectivity index (χ4n) is 2.12. The molecule has 0 saturated carbocycles. The second-order valence-electron chi connectivity index (χ2n) is 4.45. The van der Waals surface area contributed by atoms with Crippen LogP contribution in [0.1, 0.15) is 11.4 Å². The van der Waals surface area contributed by atoms with Crippen LogP contribution in [0, 0.1) is 6.92 Å². The minimum atomic E-state index is 0.262. The standard InChI is InChI=1S/C14H10Cl3N3/c1-8-2-3-10(17)12(4-8)20-13(6-15)19-11-5-9(16)7-18-14(11)20/h2-5,7H,6H2,1H3. The molecule has 3 nitrogen and oxygen atoms in total. The van der Waals surface area contributed by atoms with E-state index in [9.17, 15) is 0 Å². The number of alkyl halides is 1. The maximum Gasteiger partial charge on any atom is 0.164 e. The zero-order chi connectivity index (χ0) is 14.3. The number of hydrogen-bond acceptors (Lipinski definition) is 2. The summed E-state index contributed by atoms with van der Waals surface area (Å²) in [6, 6.07) is 7.55. The Balaban J connectivity index is 2.37. The predicted molar refractivity (Wildman–Crippen MR) is 83.2 cm³/mol. The zero-order valence-electron chi connectivity index (χ0n) is 10.6. The summed E-state index contributed by atoms with van der Waals surface area (Å²) < 4.78 is 1.87. The molecule has 0 fully saturated rings. The van der Waals surface area contributed by atoms with E-state index >= 15 is 0 Å². The Bertz CT molecular complexity index is 796. The quantitative estimate of drug-likeness (QED) is 0.635. The van der Waals surface area contributed by atoms with Crippen molar-refractivity contribution < 1.29 is 0 Å². The Kier molecular flexibility index (Phi) is 3.59. The second kappa shape index (κ2) is 5.24. The van der Waals surface area contributed by atoms with Crippen molar-refractivity contribution >= 4 is 46.0 Å². The summed E-state index contributed by atoms with van der Waals surface area (Å²) in [6.07, 6.45) is 1.59. The van der Waals surface area contributed by atoms with E-state index in [0.29, 0.717) is 27.0 Å². The zero-order valence-corrected chi connectivity index (χ0v) is 12.8. The van der Waals surface area contributed by atoms with Gasteiger partial charge in [0.25, 0.3) is 0 Å². The molecule has 0 aliphatic carbocycles. The average molecular weight is 327 g/mol. The Morgan fingerprint density at radius 1 is 1.20 bits per heavy atom. The average Bonchev–Trinajstić information content (AvgIpc) is 2.78. The number of benzene rings is 1. The molecule has 0 N–H and O–H groups in total. The molecule has 0 atom stereocenters. The van der Waals surface area contributed by atoms with Crippen molar-refractivity contribution in [3.63, 3.8) is 0 Å². The third kappa shape index (κ3) is 2.26. The van der Waals surface area contributed by atoms with Crippen molar-refractivity contribution in [3.8, 4) is 5.69 Å². The maximum atomic E-state index is 6.30. The molecule has 0 unspecified atom stereocenters. The lowest BCUT2D eigenvalue weighted by Crippen LogP contribution is -2.01. The van der Waals surface area contributed by atoms with Gasteiger partial charge in [0.05, 0.1) is 21.6 Å². The van der Waals surface area contributed by atoms with E-state index in [2.05, 4.69) is 9.97 Å². The molecule has 6 heteroatoms. The molecular weight excluding hydrogens is 317 g/mol. The first-order valence-corrected chi connectivity index (χ1v) is 7.24. The number of halogens is 3. The number of aryl methyl sites for hydroxylation is 1. The number of aromatic nitrogens is 3. The lowest BCUT2D eigenvalue weighted by atomic mass is 10.2. The van der Waals surface area contributed by atoms with Gasteiger partial charge in [-0.05, 0) is 30.7 Å². The Morgan fingerprint density at radius 2 is 2.00 bits per heavy atom. The normalized spacial score (nSPS) is 11.2. The first-order chi connectivity index (χ1) is 9.60. The molecule has 0 saturated heterocycles. The molecule has 2 heterocycles. The summed E-state index contributed by atoms with van der Waals surface area (Å²) in [7, 11) is 0. The topological polar surface area (TPSA) is 30.7 Å². The van der Waals surface area contributed by atoms with Gasteiger partial charge in [0.15, 0.2) is 5.65 Å². The van der Waals surface area contributed by atoms with Crippen LogP contribution in [0.3, 0.4) is 0 Å². The van der Waals surface area contributed by atoms with Crippen molar-refractivity contribution in [2.45, 2.75) is 12.8 Å². The largest absolute Gasteiger partial charge is 0.278 e. The molecule has 3 aromatic rings. The van der Waals surface area contributed by atoms with E-state index in [1.54, 1.807) is 12.3 Å². The van der Waals surface area contributed by atoms with Crippen LogP contribution in [-0.2, 0) is 5.88 Å². The van der Waals surface area contributed by atoms with Gasteiger partial charge in [-0.2, -0.15) is 0 Å². The Hall–Kier alpha value is -1.29. The van der Waals surface area contributed by atoms with Crippen LogP contribution in [0.15, 0.2) is 30.5 Å². The van der Waals surface area contributed by atoms with E-state index in [1.165, 1.54) is 0 Å². The lowest BCUT2D eigenvalue weighted by molar-refractivity contribution is 0.968. The SMILES string of the molecule is Cc1ccc(Cl)c(-n2c(CCl)nc3cc(Cl)cnc32)c1. The van der Waals surface area contributed by atoms with Crippen molar-refractivity contribution in [2.24, 2.45) is 0 Å². The van der Waals surface area contributed by atoms with Gasteiger partial charge in [0.1, 0.15) is 11.3 Å². The molecule has 0 radical (unpaired) electrons. The number of hydrogen-bond donors (Lipinski definition) is 0. The van der Waals surface area contributed by atoms with E-state index in [-0.39, 0.29) is 5.88 Å². The van der Waals surface area contributed by atoms with Crippen LogP contribution in [0.25, 0.3) is 16.9 Å². The van der Waals surface area contributed by atoms with Gasteiger partial charge in [-0.15, -0.1) is 11.6 Å². The smallest absolute Gasteiger partial charge is 0.164 e. The van der Waals surface area contributed by atoms with Crippen molar-refractivity contribution in [3.05, 3.63) is 51.9 Å². The summed E-state index contributed by atoms with van der Waals surface area (Å²) in [6.45, 7) is 2.00. The molecular formula is C14H10Cl3N3. The van der Waals surface area contributed by atoms with Crippen LogP contribution < -0.4 is 0 Å². The predicted octanol–water partition coefficient (Wildman–Crippen LogP) is 4.77. The molecule has 0 spiro atoms. The fourth-order valence-corrected chi connectivity index (χ4v) is 2.66. The third-order valence-electron chi connectivity index (χ3n) is 3.00. The Morgan fingerprint density at radius 3 is 2.75 bits per heavy atom. The highest BCUT2D eigenvalue weighted by molar-refractivity contribution is 6.32. The summed E-state index contributed by atoms with van der Waals surface area (Å²) in [4.78, 5) is 8.81. The molecule has 0 aliphatic heterocycles. The van der Waals surface area contributed by atoms with Gasteiger partial charge in [0.2, 0.25) is 0 Å². The van der Waals surface area contributed by atoms with Crippen LogP contribution in [0.2, 0.25) is 10.0 Å². The second-order valence-corrected chi connectivity index (χ2v) is 5.56. The van der Waals surface area contributed by atoms with Crippen LogP contribution >= 0.6 is 34.8 Å². The molecule has 3 rings (SSSR count).